The molecule has 0 aromatic heterocycles. The van der Waals surface area contributed by atoms with Gasteiger partial charge < -0.3 is 46.9 Å². The number of aliphatic hydroxyl groups excluding tert-OH is 1. The largest absolute Gasteiger partial charge is 0.484 e. The molecule has 2 rings (SSSR count). The van der Waals surface area contributed by atoms with Crippen LogP contribution in [0, 0.1) is 5.92 Å². The molecule has 0 saturated heterocycles. The van der Waals surface area contributed by atoms with Crippen LogP contribution < -0.4 is 31.7 Å². The lowest BCUT2D eigenvalue weighted by Crippen LogP contribution is -2.57. The highest BCUT2D eigenvalue weighted by molar-refractivity contribution is 5.92. The van der Waals surface area contributed by atoms with Gasteiger partial charge in [-0.3, -0.25) is 28.8 Å². The molecule has 0 radical (unpaired) electrons. The van der Waals surface area contributed by atoms with Gasteiger partial charge in [0.2, 0.25) is 23.6 Å². The molecular weight excluding hydrogens is 600 g/mol. The summed E-state index contributed by atoms with van der Waals surface area (Å²) in [4.78, 5) is 73.9. The SMILES string of the molecule is CC(C)C[C@H]1NC(=O)Cc2cccc(c2)OCC(=O)NCCCN(C(=O)[C@H](C)N)CCCCNC(=O)C([C@@H](C)O)NC1=O.O=CO. The Kier molecular flexibility index (Phi) is 18.6. The number of hydrogen-bond donors (Lipinski definition) is 7. The third kappa shape index (κ3) is 15.7. The Hall–Kier alpha value is -4.24. The van der Waals surface area contributed by atoms with Crippen LogP contribution in [0.4, 0.5) is 0 Å². The number of rotatable bonds is 4. The number of ether oxygens (including phenoxy) is 1. The van der Waals surface area contributed by atoms with Gasteiger partial charge in [0.1, 0.15) is 17.8 Å². The highest BCUT2D eigenvalue weighted by Crippen LogP contribution is 2.14. The zero-order chi connectivity index (χ0) is 34.6. The van der Waals surface area contributed by atoms with Gasteiger partial charge in [-0.15, -0.1) is 0 Å². The van der Waals surface area contributed by atoms with Gasteiger partial charge in [-0.2, -0.15) is 0 Å². The number of aliphatic hydroxyl groups is 1. The van der Waals surface area contributed by atoms with Gasteiger partial charge in [0, 0.05) is 26.2 Å². The summed E-state index contributed by atoms with van der Waals surface area (Å²) in [5.41, 5.74) is 6.44. The fraction of sp³-hybridized carbons (Fsp3) is 0.613. The first kappa shape index (κ1) is 39.8. The molecule has 8 N–H and O–H groups in total. The predicted octanol–water partition coefficient (Wildman–Crippen LogP) is -0.703. The first-order valence-electron chi connectivity index (χ1n) is 15.4. The van der Waals surface area contributed by atoms with E-state index in [1.54, 1.807) is 36.1 Å². The Morgan fingerprint density at radius 2 is 1.65 bits per heavy atom. The molecule has 4 atom stereocenters. The van der Waals surface area contributed by atoms with E-state index in [-0.39, 0.29) is 43.8 Å². The molecular formula is C31H50N6O9. The molecule has 2 bridgehead atoms. The molecule has 46 heavy (non-hydrogen) atoms. The van der Waals surface area contributed by atoms with Gasteiger partial charge in [-0.25, -0.2) is 0 Å². The molecule has 15 heteroatoms. The van der Waals surface area contributed by atoms with Crippen LogP contribution in [0.2, 0.25) is 0 Å². The van der Waals surface area contributed by atoms with Crippen molar-refractivity contribution in [2.75, 3.05) is 32.8 Å². The van der Waals surface area contributed by atoms with Crippen LogP contribution in [0.5, 0.6) is 5.75 Å². The fourth-order valence-corrected chi connectivity index (χ4v) is 4.60. The molecule has 1 aromatic carbocycles. The summed E-state index contributed by atoms with van der Waals surface area (Å²) < 4.78 is 5.61. The smallest absolute Gasteiger partial charge is 0.290 e. The zero-order valence-electron chi connectivity index (χ0n) is 27.1. The second-order valence-corrected chi connectivity index (χ2v) is 11.5. The minimum Gasteiger partial charge on any atom is -0.484 e. The monoisotopic (exact) mass is 650 g/mol. The molecule has 1 aromatic rings. The van der Waals surface area contributed by atoms with Gasteiger partial charge in [-0.1, -0.05) is 26.0 Å². The number of hydrogen-bond acceptors (Lipinski definition) is 9. The average molecular weight is 651 g/mol. The number of nitrogens with zero attached hydrogens (tertiary/aromatic N) is 1. The Bertz CT molecular complexity index is 1150. The van der Waals surface area contributed by atoms with Crippen molar-refractivity contribution >= 4 is 36.0 Å². The Morgan fingerprint density at radius 1 is 1.00 bits per heavy atom. The second kappa shape index (κ2) is 21.5. The summed E-state index contributed by atoms with van der Waals surface area (Å²) in [6.07, 6.45) is 0.726. The highest BCUT2D eigenvalue weighted by Gasteiger charge is 2.30. The maximum Gasteiger partial charge on any atom is 0.290 e. The lowest BCUT2D eigenvalue weighted by atomic mass is 10.0. The van der Waals surface area contributed by atoms with Gasteiger partial charge in [0.15, 0.2) is 6.61 Å². The van der Waals surface area contributed by atoms with Crippen molar-refractivity contribution in [3.8, 4) is 5.75 Å². The fourth-order valence-electron chi connectivity index (χ4n) is 4.60. The molecule has 1 aliphatic rings. The Balaban J connectivity index is 0.00000338. The van der Waals surface area contributed by atoms with Crippen molar-refractivity contribution < 1.29 is 43.7 Å². The summed E-state index contributed by atoms with van der Waals surface area (Å²) in [5.74, 6) is -1.60. The normalized spacial score (nSPS) is 21.0. The summed E-state index contributed by atoms with van der Waals surface area (Å²) in [6, 6.07) is 3.93. The van der Waals surface area contributed by atoms with E-state index in [9.17, 15) is 29.1 Å². The highest BCUT2D eigenvalue weighted by atomic mass is 16.5. The Labute approximate surface area is 270 Å². The number of carbonyl (C=O) groups is 6. The molecule has 258 valence electrons. The van der Waals surface area contributed by atoms with Gasteiger partial charge in [0.25, 0.3) is 12.4 Å². The van der Waals surface area contributed by atoms with Crippen molar-refractivity contribution in [2.24, 2.45) is 11.7 Å². The first-order valence-corrected chi connectivity index (χ1v) is 15.4. The van der Waals surface area contributed by atoms with Crippen molar-refractivity contribution in [1.29, 1.82) is 0 Å². The lowest BCUT2D eigenvalue weighted by Gasteiger charge is -2.26. The van der Waals surface area contributed by atoms with E-state index in [0.717, 1.165) is 0 Å². The number of amides is 5. The molecule has 5 amide bonds. The van der Waals surface area contributed by atoms with Crippen molar-refractivity contribution in [3.63, 3.8) is 0 Å². The van der Waals surface area contributed by atoms with Crippen LogP contribution in [-0.2, 0) is 35.2 Å². The third-order valence-corrected chi connectivity index (χ3v) is 6.84. The van der Waals surface area contributed by atoms with Crippen LogP contribution in [0.3, 0.4) is 0 Å². The van der Waals surface area contributed by atoms with Crippen LogP contribution in [0.25, 0.3) is 0 Å². The topological polar surface area (TPSA) is 229 Å². The number of carbonyl (C=O) groups excluding carboxylic acids is 5. The number of nitrogens with one attached hydrogen (secondary N) is 4. The Morgan fingerprint density at radius 3 is 2.28 bits per heavy atom. The minimum atomic E-state index is -1.22. The molecule has 15 nitrogen and oxygen atoms in total. The number of carboxylic acid groups (broad SMARTS) is 1. The average Bonchev–Trinajstić information content (AvgIpc) is 2.98. The van der Waals surface area contributed by atoms with Crippen molar-refractivity contribution in [3.05, 3.63) is 29.8 Å². The number of fused-ring (bicyclic) bond motifs is 2. The van der Waals surface area contributed by atoms with Crippen molar-refractivity contribution in [1.82, 2.24) is 26.2 Å². The summed E-state index contributed by atoms with van der Waals surface area (Å²) in [7, 11) is 0. The maximum atomic E-state index is 13.2. The summed E-state index contributed by atoms with van der Waals surface area (Å²) >= 11 is 0. The molecule has 0 spiro atoms. The maximum absolute atomic E-state index is 13.2. The predicted molar refractivity (Wildman–Crippen MR) is 169 cm³/mol. The zero-order valence-corrected chi connectivity index (χ0v) is 27.1. The van der Waals surface area contributed by atoms with Gasteiger partial charge in [0.05, 0.1) is 18.6 Å². The molecule has 1 aliphatic heterocycles. The standard InChI is InChI=1S/C30H48N6O7.CH2O2/c1-19(2)15-24-28(40)35-27(21(4)37)29(41)33-11-5-6-13-36(30(42)20(3)31)14-8-12-32-26(39)18-43-23-10-7-9-22(16-23)17-25(38)34-24;2-1-3/h7,9-10,16,19-21,24,27,37H,5-6,8,11-15,17-18,31H2,1-4H3,(H,32,39)(H,33,41)(H,34,38)(H,35,40);1H,(H,2,3)/t20-,21+,24+,27?;/m0./s1. The van der Waals surface area contributed by atoms with E-state index in [2.05, 4.69) is 21.3 Å². The molecule has 0 aliphatic carbocycles. The van der Waals surface area contributed by atoms with E-state index in [1.165, 1.54) is 6.92 Å². The molecule has 0 saturated carbocycles. The quantitative estimate of drug-likeness (QED) is 0.203. The van der Waals surface area contributed by atoms with Crippen LogP contribution in [0.15, 0.2) is 24.3 Å². The number of benzene rings is 1. The van der Waals surface area contributed by atoms with Gasteiger partial charge in [-0.05, 0) is 63.1 Å². The van der Waals surface area contributed by atoms with E-state index in [0.29, 0.717) is 56.6 Å². The number of nitrogens with two attached hydrogens (primary N) is 1. The van der Waals surface area contributed by atoms with Crippen LogP contribution >= 0.6 is 0 Å². The first-order chi connectivity index (χ1) is 21.8. The van der Waals surface area contributed by atoms with Crippen molar-refractivity contribution in [2.45, 2.75) is 84.0 Å². The third-order valence-electron chi connectivity index (χ3n) is 6.84. The van der Waals surface area contributed by atoms with Gasteiger partial charge >= 0.3 is 0 Å². The van der Waals surface area contributed by atoms with E-state index >= 15 is 0 Å². The summed E-state index contributed by atoms with van der Waals surface area (Å²) in [6.45, 7) is 7.78. The lowest BCUT2D eigenvalue weighted by molar-refractivity contribution is -0.134. The van der Waals surface area contributed by atoms with E-state index in [1.807, 2.05) is 13.8 Å². The second-order valence-electron chi connectivity index (χ2n) is 11.5. The molecule has 1 heterocycles. The summed E-state index contributed by atoms with van der Waals surface area (Å²) in [5, 5.41) is 28.0. The van der Waals surface area contributed by atoms with E-state index in [4.69, 9.17) is 20.4 Å². The molecule has 1 unspecified atom stereocenters. The van der Waals surface area contributed by atoms with Crippen LogP contribution in [0.1, 0.15) is 58.9 Å². The molecule has 0 fully saturated rings. The minimum absolute atomic E-state index is 0.0395. The van der Waals surface area contributed by atoms with Crippen LogP contribution in [-0.4, -0.2) is 108 Å². The van der Waals surface area contributed by atoms with E-state index < -0.39 is 42.0 Å².